The van der Waals surface area contributed by atoms with Crippen LogP contribution in [0.2, 0.25) is 0 Å². The molecule has 138 valence electrons. The van der Waals surface area contributed by atoms with E-state index in [1.165, 1.54) is 18.3 Å². The standard InChI is InChI=1S/C19H23N3O3S/c1-11(23)20-14-7-8-25-16-6-5-12(9-13(14)16)15-10-26-18(21-15)22-17(24)19(2,3)4/h5-6,9-10,14H,7-8H2,1-4H3,(H,20,23)(H,21,22,24). The van der Waals surface area contributed by atoms with Crippen molar-refractivity contribution in [2.75, 3.05) is 11.9 Å². The summed E-state index contributed by atoms with van der Waals surface area (Å²) in [5, 5.41) is 8.32. The molecule has 3 rings (SSSR count). The van der Waals surface area contributed by atoms with Crippen molar-refractivity contribution >= 4 is 28.3 Å². The van der Waals surface area contributed by atoms with Crippen molar-refractivity contribution in [3.8, 4) is 17.0 Å². The second-order valence-corrected chi connectivity index (χ2v) is 8.24. The van der Waals surface area contributed by atoms with Crippen molar-refractivity contribution in [1.29, 1.82) is 0 Å². The summed E-state index contributed by atoms with van der Waals surface area (Å²) in [6, 6.07) is 5.79. The van der Waals surface area contributed by atoms with Crippen LogP contribution >= 0.6 is 11.3 Å². The summed E-state index contributed by atoms with van der Waals surface area (Å²) in [5.74, 6) is 0.660. The Morgan fingerprint density at radius 1 is 1.31 bits per heavy atom. The highest BCUT2D eigenvalue weighted by molar-refractivity contribution is 7.14. The third-order valence-electron chi connectivity index (χ3n) is 4.13. The lowest BCUT2D eigenvalue weighted by Gasteiger charge is -2.26. The van der Waals surface area contributed by atoms with Gasteiger partial charge in [0.2, 0.25) is 11.8 Å². The van der Waals surface area contributed by atoms with Gasteiger partial charge < -0.3 is 15.4 Å². The molecule has 0 fully saturated rings. The van der Waals surface area contributed by atoms with Crippen molar-refractivity contribution < 1.29 is 14.3 Å². The Bertz CT molecular complexity index is 839. The van der Waals surface area contributed by atoms with E-state index in [0.717, 1.165) is 29.0 Å². The van der Waals surface area contributed by atoms with E-state index in [2.05, 4.69) is 15.6 Å². The third-order valence-corrected chi connectivity index (χ3v) is 4.89. The highest BCUT2D eigenvalue weighted by Crippen LogP contribution is 2.36. The molecule has 0 saturated carbocycles. The lowest BCUT2D eigenvalue weighted by molar-refractivity contribution is -0.123. The molecule has 2 heterocycles. The van der Waals surface area contributed by atoms with Crippen LogP contribution < -0.4 is 15.4 Å². The molecule has 0 spiro atoms. The van der Waals surface area contributed by atoms with Crippen LogP contribution in [0.25, 0.3) is 11.3 Å². The van der Waals surface area contributed by atoms with E-state index in [1.807, 2.05) is 44.4 Å². The maximum Gasteiger partial charge on any atom is 0.231 e. The Hall–Kier alpha value is -2.41. The molecular formula is C19H23N3O3S. The quantitative estimate of drug-likeness (QED) is 0.858. The summed E-state index contributed by atoms with van der Waals surface area (Å²) >= 11 is 1.39. The van der Waals surface area contributed by atoms with Crippen molar-refractivity contribution in [3.05, 3.63) is 29.1 Å². The number of fused-ring (bicyclic) bond motifs is 1. The first kappa shape index (κ1) is 18.4. The molecule has 0 bridgehead atoms. The van der Waals surface area contributed by atoms with Crippen LogP contribution in [0.5, 0.6) is 5.75 Å². The van der Waals surface area contributed by atoms with Gasteiger partial charge >= 0.3 is 0 Å². The topological polar surface area (TPSA) is 80.3 Å². The Morgan fingerprint density at radius 3 is 2.77 bits per heavy atom. The molecule has 1 atom stereocenters. The van der Waals surface area contributed by atoms with Crippen LogP contribution in [0, 0.1) is 5.41 Å². The number of amides is 2. The average molecular weight is 373 g/mol. The van der Waals surface area contributed by atoms with Crippen LogP contribution in [0.1, 0.15) is 45.7 Å². The summed E-state index contributed by atoms with van der Waals surface area (Å²) in [7, 11) is 0. The van der Waals surface area contributed by atoms with Crippen LogP contribution in [0.4, 0.5) is 5.13 Å². The van der Waals surface area contributed by atoms with E-state index < -0.39 is 5.41 Å². The molecule has 26 heavy (non-hydrogen) atoms. The first-order valence-electron chi connectivity index (χ1n) is 8.55. The fraction of sp³-hybridized carbons (Fsp3) is 0.421. The zero-order valence-electron chi connectivity index (χ0n) is 15.4. The molecule has 1 aliphatic heterocycles. The van der Waals surface area contributed by atoms with Crippen molar-refractivity contribution in [3.63, 3.8) is 0 Å². The molecule has 7 heteroatoms. The Kier molecular flexibility index (Phi) is 5.00. The fourth-order valence-electron chi connectivity index (χ4n) is 2.70. The van der Waals surface area contributed by atoms with Crippen molar-refractivity contribution in [2.24, 2.45) is 5.41 Å². The van der Waals surface area contributed by atoms with Crippen molar-refractivity contribution in [2.45, 2.75) is 40.2 Å². The van der Waals surface area contributed by atoms with Gasteiger partial charge in [-0.3, -0.25) is 9.59 Å². The van der Waals surface area contributed by atoms with Gasteiger partial charge in [-0.25, -0.2) is 4.98 Å². The molecule has 1 unspecified atom stereocenters. The fourth-order valence-corrected chi connectivity index (χ4v) is 3.41. The number of nitrogens with zero attached hydrogens (tertiary/aromatic N) is 1. The van der Waals surface area contributed by atoms with Gasteiger partial charge in [-0.05, 0) is 18.2 Å². The molecule has 1 aliphatic rings. The zero-order chi connectivity index (χ0) is 18.9. The van der Waals surface area contributed by atoms with Crippen LogP contribution in [-0.4, -0.2) is 23.4 Å². The van der Waals surface area contributed by atoms with Crippen LogP contribution in [-0.2, 0) is 9.59 Å². The molecule has 0 radical (unpaired) electrons. The molecule has 0 aliphatic carbocycles. The molecular weight excluding hydrogens is 350 g/mol. The molecule has 2 amide bonds. The maximum atomic E-state index is 12.1. The average Bonchev–Trinajstić information content (AvgIpc) is 3.02. The van der Waals surface area contributed by atoms with Crippen molar-refractivity contribution in [1.82, 2.24) is 10.3 Å². The summed E-state index contributed by atoms with van der Waals surface area (Å²) in [4.78, 5) is 28.1. The Balaban J connectivity index is 1.85. The molecule has 1 aromatic carbocycles. The number of aromatic nitrogens is 1. The number of ether oxygens (including phenoxy) is 1. The van der Waals surface area contributed by atoms with Crippen LogP contribution in [0.15, 0.2) is 23.6 Å². The normalized spacial score (nSPS) is 16.4. The Labute approximate surface area is 157 Å². The summed E-state index contributed by atoms with van der Waals surface area (Å²) in [6.45, 7) is 7.69. The van der Waals surface area contributed by atoms with E-state index >= 15 is 0 Å². The third kappa shape index (κ3) is 4.04. The predicted octanol–water partition coefficient (Wildman–Crippen LogP) is 3.75. The first-order chi connectivity index (χ1) is 12.2. The first-order valence-corrected chi connectivity index (χ1v) is 9.43. The van der Waals surface area contributed by atoms with E-state index in [-0.39, 0.29) is 17.9 Å². The summed E-state index contributed by atoms with van der Waals surface area (Å²) in [6.07, 6.45) is 0.736. The number of benzene rings is 1. The van der Waals surface area contributed by atoms with Gasteiger partial charge in [-0.2, -0.15) is 0 Å². The van der Waals surface area contributed by atoms with Gasteiger partial charge in [0.15, 0.2) is 5.13 Å². The lowest BCUT2D eigenvalue weighted by atomic mass is 9.96. The Morgan fingerprint density at radius 2 is 2.08 bits per heavy atom. The minimum Gasteiger partial charge on any atom is -0.493 e. The maximum absolute atomic E-state index is 12.1. The van der Waals surface area contributed by atoms with E-state index in [0.29, 0.717) is 11.7 Å². The van der Waals surface area contributed by atoms with Gasteiger partial charge in [0.1, 0.15) is 5.75 Å². The van der Waals surface area contributed by atoms with Gasteiger partial charge in [0, 0.05) is 35.3 Å². The lowest BCUT2D eigenvalue weighted by Crippen LogP contribution is -2.30. The number of thiazole rings is 1. The minimum absolute atomic E-state index is 0.0603. The van der Waals surface area contributed by atoms with E-state index in [9.17, 15) is 9.59 Å². The summed E-state index contributed by atoms with van der Waals surface area (Å²) in [5.41, 5.74) is 2.20. The van der Waals surface area contributed by atoms with Gasteiger partial charge in [0.05, 0.1) is 18.3 Å². The number of nitrogens with one attached hydrogen (secondary N) is 2. The number of hydrogen-bond acceptors (Lipinski definition) is 5. The predicted molar refractivity (Wildman–Crippen MR) is 102 cm³/mol. The second-order valence-electron chi connectivity index (χ2n) is 7.38. The van der Waals surface area contributed by atoms with Gasteiger partial charge in [-0.15, -0.1) is 11.3 Å². The van der Waals surface area contributed by atoms with Gasteiger partial charge in [0.25, 0.3) is 0 Å². The van der Waals surface area contributed by atoms with E-state index in [4.69, 9.17) is 4.74 Å². The molecule has 2 aromatic rings. The largest absolute Gasteiger partial charge is 0.493 e. The molecule has 2 N–H and O–H groups in total. The van der Waals surface area contributed by atoms with Crippen LogP contribution in [0.3, 0.4) is 0 Å². The monoisotopic (exact) mass is 373 g/mol. The number of rotatable bonds is 3. The number of hydrogen-bond donors (Lipinski definition) is 2. The second kappa shape index (κ2) is 7.07. The number of anilines is 1. The highest BCUT2D eigenvalue weighted by Gasteiger charge is 2.24. The van der Waals surface area contributed by atoms with E-state index in [1.54, 1.807) is 0 Å². The molecule has 6 nitrogen and oxygen atoms in total. The number of carbonyl (C=O) groups excluding carboxylic acids is 2. The molecule has 1 aromatic heterocycles. The highest BCUT2D eigenvalue weighted by atomic mass is 32.1. The minimum atomic E-state index is -0.472. The zero-order valence-corrected chi connectivity index (χ0v) is 16.2. The summed E-state index contributed by atoms with van der Waals surface area (Å²) < 4.78 is 5.70. The molecule has 0 saturated heterocycles. The van der Waals surface area contributed by atoms with Gasteiger partial charge in [-0.1, -0.05) is 20.8 Å². The number of carbonyl (C=O) groups is 2. The SMILES string of the molecule is CC(=O)NC1CCOc2ccc(-c3csc(NC(=O)C(C)(C)C)n3)cc21. The smallest absolute Gasteiger partial charge is 0.231 e.